The van der Waals surface area contributed by atoms with Crippen LogP contribution in [0, 0.1) is 0 Å². The van der Waals surface area contributed by atoms with Gasteiger partial charge in [-0.25, -0.2) is 0 Å². The molecule has 0 fully saturated rings. The van der Waals surface area contributed by atoms with E-state index < -0.39 is 0 Å². The second kappa shape index (κ2) is 8.08. The van der Waals surface area contributed by atoms with Crippen molar-refractivity contribution in [3.8, 4) is 0 Å². The van der Waals surface area contributed by atoms with E-state index in [2.05, 4.69) is 116 Å². The van der Waals surface area contributed by atoms with Crippen molar-refractivity contribution in [1.29, 1.82) is 0 Å². The van der Waals surface area contributed by atoms with Crippen LogP contribution in [0.1, 0.15) is 25.0 Å². The molecule has 2 aromatic rings. The molecule has 2 aromatic carbocycles. The van der Waals surface area contributed by atoms with Crippen molar-refractivity contribution < 1.29 is 4.58 Å². The molecule has 0 saturated carbocycles. The quantitative estimate of drug-likeness (QED) is 0.466. The first kappa shape index (κ1) is 19.2. The Morgan fingerprint density at radius 2 is 1.59 bits per heavy atom. The van der Waals surface area contributed by atoms with E-state index in [9.17, 15) is 0 Å². The van der Waals surface area contributed by atoms with Crippen LogP contribution in [0.2, 0.25) is 0 Å². The van der Waals surface area contributed by atoms with Crippen LogP contribution in [0.4, 0.5) is 11.4 Å². The lowest BCUT2D eigenvalue weighted by atomic mass is 10.1. The topological polar surface area (TPSA) is 6.25 Å². The molecule has 0 amide bonds. The van der Waals surface area contributed by atoms with Gasteiger partial charge in [0.2, 0.25) is 5.69 Å². The van der Waals surface area contributed by atoms with Crippen LogP contribution in [-0.2, 0) is 12.8 Å². The molecule has 2 nitrogen and oxygen atoms in total. The summed E-state index contributed by atoms with van der Waals surface area (Å²) in [5.74, 6) is 0. The Morgan fingerprint density at radius 3 is 2.34 bits per heavy atom. The molecular formula is C27H29N2+. The third-order valence-corrected chi connectivity index (χ3v) is 6.09. The van der Waals surface area contributed by atoms with Crippen molar-refractivity contribution in [2.75, 3.05) is 19.0 Å². The molecule has 2 aliphatic heterocycles. The Balaban J connectivity index is 1.45. The first-order valence-corrected chi connectivity index (χ1v) is 10.3. The van der Waals surface area contributed by atoms with Gasteiger partial charge in [0.05, 0.1) is 6.42 Å². The van der Waals surface area contributed by atoms with Gasteiger partial charge < -0.3 is 4.90 Å². The molecule has 146 valence electrons. The summed E-state index contributed by atoms with van der Waals surface area (Å²) in [5, 5.41) is 0. The summed E-state index contributed by atoms with van der Waals surface area (Å²) in [7, 11) is 4.30. The normalized spacial score (nSPS) is 18.2. The maximum atomic E-state index is 2.29. The summed E-state index contributed by atoms with van der Waals surface area (Å²) in [5.41, 5.74) is 10.7. The number of benzene rings is 2. The number of fused-ring (bicyclic) bond motifs is 2. The number of allylic oxidation sites excluding steroid dienone is 8. The third-order valence-electron chi connectivity index (χ3n) is 6.09. The van der Waals surface area contributed by atoms with E-state index in [0.717, 1.165) is 12.8 Å². The molecule has 0 N–H and O–H groups in total. The fourth-order valence-corrected chi connectivity index (χ4v) is 4.04. The average molecular weight is 382 g/mol. The van der Waals surface area contributed by atoms with E-state index in [1.165, 1.54) is 45.1 Å². The van der Waals surface area contributed by atoms with Gasteiger partial charge in [0.1, 0.15) is 7.05 Å². The molecule has 0 spiro atoms. The zero-order valence-electron chi connectivity index (χ0n) is 17.8. The third kappa shape index (κ3) is 3.88. The molecule has 0 radical (unpaired) electrons. The highest BCUT2D eigenvalue weighted by atomic mass is 15.1. The van der Waals surface area contributed by atoms with E-state index in [-0.39, 0.29) is 0 Å². The number of para-hydroxylation sites is 2. The van der Waals surface area contributed by atoms with Gasteiger partial charge in [0, 0.05) is 42.6 Å². The summed E-state index contributed by atoms with van der Waals surface area (Å²) < 4.78 is 2.29. The largest absolute Gasteiger partial charge is 0.348 e. The Hall–Kier alpha value is -3.13. The second-order valence-electron chi connectivity index (χ2n) is 7.94. The van der Waals surface area contributed by atoms with Gasteiger partial charge in [-0.05, 0) is 42.7 Å². The van der Waals surface area contributed by atoms with E-state index in [1.54, 1.807) is 0 Å². The molecular weight excluding hydrogens is 352 g/mol. The van der Waals surface area contributed by atoms with Crippen molar-refractivity contribution in [1.82, 2.24) is 0 Å². The molecule has 0 bridgehead atoms. The summed E-state index contributed by atoms with van der Waals surface area (Å²) in [6.45, 7) is 4.36. The average Bonchev–Trinajstić information content (AvgIpc) is 3.23. The van der Waals surface area contributed by atoms with Crippen molar-refractivity contribution in [3.63, 3.8) is 0 Å². The maximum absolute atomic E-state index is 2.29. The number of anilines is 1. The van der Waals surface area contributed by atoms with Crippen LogP contribution in [0.25, 0.3) is 0 Å². The highest BCUT2D eigenvalue weighted by molar-refractivity contribution is 5.96. The van der Waals surface area contributed by atoms with Crippen molar-refractivity contribution in [2.24, 2.45) is 0 Å². The van der Waals surface area contributed by atoms with Crippen molar-refractivity contribution >= 4 is 17.1 Å². The minimum absolute atomic E-state index is 1.00. The minimum atomic E-state index is 1.00. The van der Waals surface area contributed by atoms with E-state index in [1.807, 2.05) is 0 Å². The number of nitrogens with zero attached hydrogens (tertiary/aromatic N) is 2. The van der Waals surface area contributed by atoms with Crippen LogP contribution in [0.15, 0.2) is 95.8 Å². The van der Waals surface area contributed by atoms with Gasteiger partial charge in [-0.1, -0.05) is 54.6 Å². The number of rotatable bonds is 4. The number of hydrogen-bond acceptors (Lipinski definition) is 1. The Morgan fingerprint density at radius 1 is 0.897 bits per heavy atom. The molecule has 2 heterocycles. The van der Waals surface area contributed by atoms with Crippen LogP contribution >= 0.6 is 0 Å². The smallest absolute Gasteiger partial charge is 0.208 e. The van der Waals surface area contributed by atoms with Crippen LogP contribution in [-0.4, -0.2) is 24.4 Å². The van der Waals surface area contributed by atoms with Crippen molar-refractivity contribution in [3.05, 3.63) is 107 Å². The molecule has 2 aliphatic rings. The number of hydrogen-bond donors (Lipinski definition) is 0. The highest BCUT2D eigenvalue weighted by Gasteiger charge is 2.24. The molecule has 0 aliphatic carbocycles. The van der Waals surface area contributed by atoms with Gasteiger partial charge in [0.15, 0.2) is 5.71 Å². The van der Waals surface area contributed by atoms with Crippen LogP contribution in [0.3, 0.4) is 0 Å². The molecule has 0 saturated heterocycles. The van der Waals surface area contributed by atoms with E-state index >= 15 is 0 Å². The lowest BCUT2D eigenvalue weighted by Crippen LogP contribution is -2.10. The standard InChI is InChI=1S/C27H29N2/c1-20(10-9-13-24-18-22-11-5-7-14-26(22)28(24)3)21(2)16-17-25-19-23-12-6-8-15-27(23)29(25)4/h5-17H,18-19H2,1-4H3/q+1. The molecule has 4 rings (SSSR count). The second-order valence-corrected chi connectivity index (χ2v) is 7.94. The number of likely N-dealkylation sites (N-methyl/N-ethyl adjacent to an activating group) is 1. The SMILES string of the molecule is CC(/C=C/C=C1\Cc2ccccc2N1C)=C(C)\C=C\C1=[N+](C)c2ccccc2C1. The monoisotopic (exact) mass is 381 g/mol. The zero-order chi connectivity index (χ0) is 20.4. The molecule has 0 aromatic heterocycles. The van der Waals surface area contributed by atoms with Gasteiger partial charge in [0.25, 0.3) is 0 Å². The first-order chi connectivity index (χ1) is 14.0. The Kier molecular flexibility index (Phi) is 5.35. The Labute approximate surface area is 174 Å². The first-order valence-electron chi connectivity index (χ1n) is 10.3. The maximum Gasteiger partial charge on any atom is 0.208 e. The predicted molar refractivity (Wildman–Crippen MR) is 124 cm³/mol. The van der Waals surface area contributed by atoms with E-state index in [0.29, 0.717) is 0 Å². The molecule has 0 unspecified atom stereocenters. The van der Waals surface area contributed by atoms with Gasteiger partial charge in [-0.3, -0.25) is 0 Å². The predicted octanol–water partition coefficient (Wildman–Crippen LogP) is 5.98. The van der Waals surface area contributed by atoms with E-state index in [4.69, 9.17) is 0 Å². The minimum Gasteiger partial charge on any atom is -0.348 e. The Bertz CT molecular complexity index is 1090. The molecule has 0 atom stereocenters. The molecule has 29 heavy (non-hydrogen) atoms. The lowest BCUT2D eigenvalue weighted by molar-refractivity contribution is -0.400. The fourth-order valence-electron chi connectivity index (χ4n) is 4.04. The van der Waals surface area contributed by atoms with Crippen molar-refractivity contribution in [2.45, 2.75) is 26.7 Å². The summed E-state index contributed by atoms with van der Waals surface area (Å²) in [6, 6.07) is 17.3. The highest BCUT2D eigenvalue weighted by Crippen LogP contribution is 2.32. The van der Waals surface area contributed by atoms with Gasteiger partial charge >= 0.3 is 0 Å². The van der Waals surface area contributed by atoms with Gasteiger partial charge in [-0.2, -0.15) is 4.58 Å². The summed E-state index contributed by atoms with van der Waals surface area (Å²) >= 11 is 0. The lowest BCUT2D eigenvalue weighted by Gasteiger charge is -2.13. The van der Waals surface area contributed by atoms with Gasteiger partial charge in [-0.15, -0.1) is 0 Å². The summed E-state index contributed by atoms with van der Waals surface area (Å²) in [4.78, 5) is 2.29. The summed E-state index contributed by atoms with van der Waals surface area (Å²) in [6.07, 6.45) is 13.1. The van der Waals surface area contributed by atoms with Crippen LogP contribution in [0.5, 0.6) is 0 Å². The molecule has 2 heteroatoms. The zero-order valence-corrected chi connectivity index (χ0v) is 17.8. The van der Waals surface area contributed by atoms with Crippen LogP contribution < -0.4 is 4.90 Å². The fraction of sp³-hybridized carbons (Fsp3) is 0.222.